The first kappa shape index (κ1) is 14.5. The van der Waals surface area contributed by atoms with E-state index in [1.807, 2.05) is 6.07 Å². The topological polar surface area (TPSA) is 31.0 Å². The third-order valence-corrected chi connectivity index (χ3v) is 3.75. The summed E-state index contributed by atoms with van der Waals surface area (Å²) < 4.78 is 16.3. The lowest BCUT2D eigenvalue weighted by molar-refractivity contribution is 0.0234. The maximum absolute atomic E-state index is 5.78. The molecule has 2 unspecified atom stereocenters. The molecule has 1 aromatic rings. The maximum atomic E-state index is 5.78. The van der Waals surface area contributed by atoms with Crippen molar-refractivity contribution >= 4 is 0 Å². The van der Waals surface area contributed by atoms with Gasteiger partial charge >= 0.3 is 0 Å². The molecule has 0 radical (unpaired) electrons. The Labute approximate surface area is 115 Å². The third-order valence-electron chi connectivity index (χ3n) is 3.75. The number of ether oxygens (including phenoxy) is 3. The molecule has 1 aliphatic heterocycles. The van der Waals surface area contributed by atoms with E-state index >= 15 is 0 Å². The number of benzene rings is 1. The molecule has 0 saturated carbocycles. The SMILES string of the molecule is CCC(C)(COCCOCC1CO1)c1ccccc1. The lowest BCUT2D eigenvalue weighted by Gasteiger charge is -2.28. The lowest BCUT2D eigenvalue weighted by Crippen LogP contribution is -2.28. The second kappa shape index (κ2) is 7.04. The average Bonchev–Trinajstić information content (AvgIpc) is 3.27. The molecule has 3 heteroatoms. The molecule has 0 aliphatic carbocycles. The van der Waals surface area contributed by atoms with Crippen molar-refractivity contribution in [2.24, 2.45) is 0 Å². The van der Waals surface area contributed by atoms with Gasteiger partial charge in [0.05, 0.1) is 33.0 Å². The Hall–Kier alpha value is -0.900. The third kappa shape index (κ3) is 4.60. The summed E-state index contributed by atoms with van der Waals surface area (Å²) in [6.07, 6.45) is 1.40. The van der Waals surface area contributed by atoms with Gasteiger partial charge in [-0.05, 0) is 12.0 Å². The minimum Gasteiger partial charge on any atom is -0.378 e. The van der Waals surface area contributed by atoms with Crippen LogP contribution in [0, 0.1) is 0 Å². The molecular formula is C16H24O3. The van der Waals surface area contributed by atoms with Crippen molar-refractivity contribution in [2.45, 2.75) is 31.8 Å². The molecule has 0 amide bonds. The van der Waals surface area contributed by atoms with E-state index < -0.39 is 0 Å². The van der Waals surface area contributed by atoms with E-state index in [0.29, 0.717) is 25.9 Å². The second-order valence-electron chi connectivity index (χ2n) is 5.36. The highest BCUT2D eigenvalue weighted by Crippen LogP contribution is 2.27. The van der Waals surface area contributed by atoms with Gasteiger partial charge in [0.15, 0.2) is 0 Å². The molecule has 1 aromatic carbocycles. The first-order valence-electron chi connectivity index (χ1n) is 7.07. The zero-order valence-corrected chi connectivity index (χ0v) is 11.9. The minimum atomic E-state index is 0.0842. The van der Waals surface area contributed by atoms with Crippen molar-refractivity contribution in [3.8, 4) is 0 Å². The smallest absolute Gasteiger partial charge is 0.104 e. The number of hydrogen-bond donors (Lipinski definition) is 0. The van der Waals surface area contributed by atoms with Crippen molar-refractivity contribution in [1.82, 2.24) is 0 Å². The van der Waals surface area contributed by atoms with E-state index in [2.05, 4.69) is 38.1 Å². The molecule has 2 atom stereocenters. The summed E-state index contributed by atoms with van der Waals surface area (Å²) >= 11 is 0. The Bertz CT molecular complexity index is 362. The summed E-state index contributed by atoms with van der Waals surface area (Å²) in [7, 11) is 0. The van der Waals surface area contributed by atoms with Crippen LogP contribution >= 0.6 is 0 Å². The Balaban J connectivity index is 1.69. The van der Waals surface area contributed by atoms with Gasteiger partial charge in [0, 0.05) is 5.41 Å². The Morgan fingerprint density at radius 2 is 1.89 bits per heavy atom. The minimum absolute atomic E-state index is 0.0842. The quantitative estimate of drug-likeness (QED) is 0.507. The van der Waals surface area contributed by atoms with Crippen LogP contribution in [0.5, 0.6) is 0 Å². The molecule has 1 heterocycles. The average molecular weight is 264 g/mol. The van der Waals surface area contributed by atoms with Crippen LogP contribution in [0.3, 0.4) is 0 Å². The molecule has 0 aromatic heterocycles. The van der Waals surface area contributed by atoms with Crippen LogP contribution < -0.4 is 0 Å². The predicted molar refractivity (Wildman–Crippen MR) is 75.5 cm³/mol. The summed E-state index contributed by atoms with van der Waals surface area (Å²) in [5.74, 6) is 0. The summed E-state index contributed by atoms with van der Waals surface area (Å²) in [6.45, 7) is 8.04. The zero-order valence-electron chi connectivity index (χ0n) is 11.9. The number of epoxide rings is 1. The van der Waals surface area contributed by atoms with Gasteiger partial charge < -0.3 is 14.2 Å². The van der Waals surface area contributed by atoms with E-state index in [1.165, 1.54) is 5.56 Å². The zero-order chi connectivity index (χ0) is 13.6. The van der Waals surface area contributed by atoms with E-state index in [-0.39, 0.29) is 5.41 Å². The maximum Gasteiger partial charge on any atom is 0.104 e. The Morgan fingerprint density at radius 3 is 2.53 bits per heavy atom. The van der Waals surface area contributed by atoms with Crippen LogP contribution in [-0.4, -0.2) is 39.1 Å². The lowest BCUT2D eigenvalue weighted by atomic mass is 9.81. The molecule has 106 valence electrons. The van der Waals surface area contributed by atoms with Gasteiger partial charge in [0.2, 0.25) is 0 Å². The van der Waals surface area contributed by atoms with Gasteiger partial charge in [-0.1, -0.05) is 44.2 Å². The van der Waals surface area contributed by atoms with Gasteiger partial charge in [-0.15, -0.1) is 0 Å². The molecular weight excluding hydrogens is 240 g/mol. The van der Waals surface area contributed by atoms with E-state index in [1.54, 1.807) is 0 Å². The number of rotatable bonds is 9. The van der Waals surface area contributed by atoms with Crippen LogP contribution in [0.2, 0.25) is 0 Å². The standard InChI is InChI=1S/C16H24O3/c1-3-16(2,14-7-5-4-6-8-14)13-18-10-9-17-11-15-12-19-15/h4-8,15H,3,9-13H2,1-2H3. The number of hydrogen-bond acceptors (Lipinski definition) is 3. The fourth-order valence-electron chi connectivity index (χ4n) is 2.02. The van der Waals surface area contributed by atoms with Crippen LogP contribution in [0.4, 0.5) is 0 Å². The van der Waals surface area contributed by atoms with Gasteiger partial charge in [0.25, 0.3) is 0 Å². The Morgan fingerprint density at radius 1 is 1.21 bits per heavy atom. The van der Waals surface area contributed by atoms with Crippen molar-refractivity contribution in [3.05, 3.63) is 35.9 Å². The summed E-state index contributed by atoms with van der Waals surface area (Å²) in [5, 5.41) is 0. The van der Waals surface area contributed by atoms with Gasteiger partial charge in [-0.25, -0.2) is 0 Å². The highest BCUT2D eigenvalue weighted by Gasteiger charge is 2.25. The summed E-state index contributed by atoms with van der Waals surface area (Å²) in [6, 6.07) is 10.6. The van der Waals surface area contributed by atoms with Crippen LogP contribution in [0.1, 0.15) is 25.8 Å². The molecule has 0 spiro atoms. The van der Waals surface area contributed by atoms with Crippen molar-refractivity contribution in [1.29, 1.82) is 0 Å². The molecule has 1 aliphatic rings. The molecule has 1 saturated heterocycles. The van der Waals surface area contributed by atoms with Gasteiger partial charge in [-0.2, -0.15) is 0 Å². The van der Waals surface area contributed by atoms with Crippen LogP contribution in [0.15, 0.2) is 30.3 Å². The van der Waals surface area contributed by atoms with Gasteiger partial charge in [-0.3, -0.25) is 0 Å². The predicted octanol–water partition coefficient (Wildman–Crippen LogP) is 2.79. The van der Waals surface area contributed by atoms with Crippen LogP contribution in [0.25, 0.3) is 0 Å². The second-order valence-corrected chi connectivity index (χ2v) is 5.36. The molecule has 1 fully saturated rings. The van der Waals surface area contributed by atoms with Gasteiger partial charge in [0.1, 0.15) is 6.10 Å². The first-order valence-corrected chi connectivity index (χ1v) is 7.07. The largest absolute Gasteiger partial charge is 0.378 e. The van der Waals surface area contributed by atoms with E-state index in [4.69, 9.17) is 14.2 Å². The highest BCUT2D eigenvalue weighted by molar-refractivity contribution is 5.24. The van der Waals surface area contributed by atoms with E-state index in [0.717, 1.165) is 19.6 Å². The normalized spacial score (nSPS) is 21.1. The molecule has 3 nitrogen and oxygen atoms in total. The van der Waals surface area contributed by atoms with E-state index in [9.17, 15) is 0 Å². The van der Waals surface area contributed by atoms with Crippen LogP contribution in [-0.2, 0) is 19.6 Å². The first-order chi connectivity index (χ1) is 9.24. The highest BCUT2D eigenvalue weighted by atomic mass is 16.6. The molecule has 0 bridgehead atoms. The summed E-state index contributed by atoms with van der Waals surface area (Å²) in [5.41, 5.74) is 1.42. The molecule has 0 N–H and O–H groups in total. The molecule has 2 rings (SSSR count). The fourth-order valence-corrected chi connectivity index (χ4v) is 2.02. The summed E-state index contributed by atoms with van der Waals surface area (Å²) in [4.78, 5) is 0. The van der Waals surface area contributed by atoms with Crippen molar-refractivity contribution < 1.29 is 14.2 Å². The van der Waals surface area contributed by atoms with Crippen molar-refractivity contribution in [3.63, 3.8) is 0 Å². The monoisotopic (exact) mass is 264 g/mol. The molecule has 19 heavy (non-hydrogen) atoms. The van der Waals surface area contributed by atoms with Crippen molar-refractivity contribution in [2.75, 3.05) is 33.0 Å². The fraction of sp³-hybridized carbons (Fsp3) is 0.625. The Kier molecular flexibility index (Phi) is 5.37.